The number of nitrogens with one attached hydrogen (secondary N) is 1. The van der Waals surface area contributed by atoms with E-state index in [1.165, 1.54) is 0 Å². The first kappa shape index (κ1) is 23.8. The molecule has 7 heteroatoms. The van der Waals surface area contributed by atoms with Gasteiger partial charge in [0.15, 0.2) is 0 Å². The molecular formula is C27H33N3O4. The first-order valence-electron chi connectivity index (χ1n) is 11.9. The quantitative estimate of drug-likeness (QED) is 0.684. The van der Waals surface area contributed by atoms with E-state index in [-0.39, 0.29) is 24.3 Å². The molecule has 0 radical (unpaired) electrons. The number of ether oxygens (including phenoxy) is 1. The number of methoxy groups -OCH3 is 1. The molecule has 2 aliphatic heterocycles. The monoisotopic (exact) mass is 463 g/mol. The van der Waals surface area contributed by atoms with Crippen LogP contribution in [0.1, 0.15) is 42.4 Å². The predicted octanol–water partition coefficient (Wildman–Crippen LogP) is 3.16. The zero-order valence-electron chi connectivity index (χ0n) is 20.2. The summed E-state index contributed by atoms with van der Waals surface area (Å²) in [6.07, 6.45) is 2.68. The fourth-order valence-corrected chi connectivity index (χ4v) is 5.09. The Balaban J connectivity index is 1.37. The number of carbonyl (C=O) groups excluding carboxylic acids is 3. The molecule has 0 aromatic heterocycles. The molecule has 0 saturated carbocycles. The summed E-state index contributed by atoms with van der Waals surface area (Å²) < 4.78 is 5.23. The van der Waals surface area contributed by atoms with Crippen LogP contribution in [0.15, 0.2) is 42.5 Å². The van der Waals surface area contributed by atoms with Gasteiger partial charge in [-0.3, -0.25) is 14.4 Å². The highest BCUT2D eigenvalue weighted by Crippen LogP contribution is 2.31. The van der Waals surface area contributed by atoms with Crippen molar-refractivity contribution >= 4 is 23.4 Å². The topological polar surface area (TPSA) is 79.0 Å². The highest BCUT2D eigenvalue weighted by atomic mass is 16.5. The standard InChI is InChI=1S/C27H33N3O4/c1-19-14-20(2)16-22(15-19)30-13-12-29(18-26(30)33)25(32)9-11-27(10-8-24(31)28-27)17-21-4-6-23(34-3)7-5-21/h4-7,14-16H,8-13,17-18H2,1-3H3,(H,28,31)/t27-/m0/s1. The number of hydrogen-bond acceptors (Lipinski definition) is 4. The molecule has 2 aliphatic rings. The van der Waals surface area contributed by atoms with Crippen LogP contribution in [-0.2, 0) is 20.8 Å². The summed E-state index contributed by atoms with van der Waals surface area (Å²) in [4.78, 5) is 41.4. The number of nitrogens with zero attached hydrogens (tertiary/aromatic N) is 2. The summed E-state index contributed by atoms with van der Waals surface area (Å²) in [5.74, 6) is 0.710. The molecule has 1 N–H and O–H groups in total. The van der Waals surface area contributed by atoms with Crippen molar-refractivity contribution in [3.8, 4) is 5.75 Å². The van der Waals surface area contributed by atoms with Crippen molar-refractivity contribution in [3.63, 3.8) is 0 Å². The average Bonchev–Trinajstić information content (AvgIpc) is 3.17. The zero-order chi connectivity index (χ0) is 24.3. The van der Waals surface area contributed by atoms with E-state index in [0.717, 1.165) is 28.1 Å². The van der Waals surface area contributed by atoms with Crippen LogP contribution in [0.25, 0.3) is 0 Å². The second-order valence-corrected chi connectivity index (χ2v) is 9.56. The summed E-state index contributed by atoms with van der Waals surface area (Å²) >= 11 is 0. The molecule has 180 valence electrons. The number of carbonyl (C=O) groups is 3. The maximum absolute atomic E-state index is 13.0. The number of amides is 3. The number of benzene rings is 2. The van der Waals surface area contributed by atoms with Crippen LogP contribution < -0.4 is 15.0 Å². The van der Waals surface area contributed by atoms with Crippen LogP contribution >= 0.6 is 0 Å². The Bertz CT molecular complexity index is 1060. The Morgan fingerprint density at radius 3 is 2.35 bits per heavy atom. The van der Waals surface area contributed by atoms with Gasteiger partial charge in [-0.1, -0.05) is 18.2 Å². The summed E-state index contributed by atoms with van der Waals surface area (Å²) in [6.45, 7) is 5.12. The van der Waals surface area contributed by atoms with Crippen molar-refractivity contribution in [1.29, 1.82) is 0 Å². The van der Waals surface area contributed by atoms with Crippen LogP contribution in [0.3, 0.4) is 0 Å². The molecule has 0 unspecified atom stereocenters. The number of aryl methyl sites for hydroxylation is 2. The molecule has 34 heavy (non-hydrogen) atoms. The lowest BCUT2D eigenvalue weighted by atomic mass is 9.85. The third-order valence-electron chi connectivity index (χ3n) is 6.85. The second-order valence-electron chi connectivity index (χ2n) is 9.56. The predicted molar refractivity (Wildman–Crippen MR) is 131 cm³/mol. The molecule has 7 nitrogen and oxygen atoms in total. The van der Waals surface area contributed by atoms with Gasteiger partial charge in [0.05, 0.1) is 7.11 Å². The third kappa shape index (κ3) is 5.41. The molecular weight excluding hydrogens is 430 g/mol. The minimum Gasteiger partial charge on any atom is -0.497 e. The fourth-order valence-electron chi connectivity index (χ4n) is 5.09. The van der Waals surface area contributed by atoms with Crippen LogP contribution in [-0.4, -0.2) is 54.9 Å². The molecule has 2 saturated heterocycles. The molecule has 3 amide bonds. The van der Waals surface area contributed by atoms with Gasteiger partial charge in [-0.15, -0.1) is 0 Å². The van der Waals surface area contributed by atoms with Crippen LogP contribution in [0.2, 0.25) is 0 Å². The van der Waals surface area contributed by atoms with Crippen molar-refractivity contribution in [2.45, 2.75) is 51.5 Å². The third-order valence-corrected chi connectivity index (χ3v) is 6.85. The van der Waals surface area contributed by atoms with Crippen LogP contribution in [0, 0.1) is 13.8 Å². The molecule has 4 rings (SSSR count). The van der Waals surface area contributed by atoms with Gasteiger partial charge in [0, 0.05) is 37.2 Å². The minimum absolute atomic E-state index is 0.0261. The van der Waals surface area contributed by atoms with E-state index in [0.29, 0.717) is 45.2 Å². The lowest BCUT2D eigenvalue weighted by Crippen LogP contribution is -2.53. The summed E-state index contributed by atoms with van der Waals surface area (Å²) in [5, 5.41) is 3.13. The van der Waals surface area contributed by atoms with E-state index in [2.05, 4.69) is 11.4 Å². The molecule has 2 heterocycles. The Kier molecular flexibility index (Phi) is 6.91. The van der Waals surface area contributed by atoms with Gasteiger partial charge < -0.3 is 19.9 Å². The zero-order valence-corrected chi connectivity index (χ0v) is 20.2. The van der Waals surface area contributed by atoms with Gasteiger partial charge >= 0.3 is 0 Å². The molecule has 1 atom stereocenters. The van der Waals surface area contributed by atoms with Gasteiger partial charge in [-0.2, -0.15) is 0 Å². The Hall–Kier alpha value is -3.35. The van der Waals surface area contributed by atoms with Gasteiger partial charge in [0.2, 0.25) is 17.7 Å². The van der Waals surface area contributed by atoms with Crippen molar-refractivity contribution in [3.05, 3.63) is 59.2 Å². The van der Waals surface area contributed by atoms with Gasteiger partial charge in [0.25, 0.3) is 0 Å². The van der Waals surface area contributed by atoms with Crippen molar-refractivity contribution < 1.29 is 19.1 Å². The smallest absolute Gasteiger partial charge is 0.246 e. The van der Waals surface area contributed by atoms with E-state index in [4.69, 9.17) is 4.74 Å². The summed E-state index contributed by atoms with van der Waals surface area (Å²) in [6, 6.07) is 13.9. The Labute approximate surface area is 201 Å². The van der Waals surface area contributed by atoms with E-state index < -0.39 is 5.54 Å². The SMILES string of the molecule is COc1ccc(C[C@@]2(CCC(=O)N3CCN(c4cc(C)cc(C)c4)C(=O)C3)CCC(=O)N2)cc1. The minimum atomic E-state index is -0.438. The maximum atomic E-state index is 13.0. The van der Waals surface area contributed by atoms with Crippen molar-refractivity contribution in [1.82, 2.24) is 10.2 Å². The normalized spacial score (nSPS) is 20.4. The first-order chi connectivity index (χ1) is 16.3. The van der Waals surface area contributed by atoms with Crippen molar-refractivity contribution in [2.24, 2.45) is 0 Å². The Morgan fingerprint density at radius 2 is 1.76 bits per heavy atom. The average molecular weight is 464 g/mol. The molecule has 0 spiro atoms. The Morgan fingerprint density at radius 1 is 1.06 bits per heavy atom. The van der Waals surface area contributed by atoms with Gasteiger partial charge in [-0.25, -0.2) is 0 Å². The van der Waals surface area contributed by atoms with Crippen molar-refractivity contribution in [2.75, 3.05) is 31.6 Å². The lowest BCUT2D eigenvalue weighted by Gasteiger charge is -2.36. The number of anilines is 1. The largest absolute Gasteiger partial charge is 0.497 e. The summed E-state index contributed by atoms with van der Waals surface area (Å²) in [7, 11) is 1.63. The molecule has 2 fully saturated rings. The number of hydrogen-bond donors (Lipinski definition) is 1. The fraction of sp³-hybridized carbons (Fsp3) is 0.444. The lowest BCUT2D eigenvalue weighted by molar-refractivity contribution is -0.137. The van der Waals surface area contributed by atoms with Gasteiger partial charge in [-0.05, 0) is 74.1 Å². The molecule has 2 aromatic carbocycles. The molecule has 0 aliphatic carbocycles. The highest BCUT2D eigenvalue weighted by Gasteiger charge is 2.38. The van der Waals surface area contributed by atoms with E-state index in [1.807, 2.05) is 50.2 Å². The molecule has 2 aromatic rings. The van der Waals surface area contributed by atoms with Crippen LogP contribution in [0.4, 0.5) is 5.69 Å². The van der Waals surface area contributed by atoms with E-state index in [1.54, 1.807) is 16.9 Å². The number of rotatable bonds is 7. The first-order valence-corrected chi connectivity index (χ1v) is 11.9. The molecule has 0 bridgehead atoms. The maximum Gasteiger partial charge on any atom is 0.246 e. The van der Waals surface area contributed by atoms with E-state index >= 15 is 0 Å². The second kappa shape index (κ2) is 9.87. The van der Waals surface area contributed by atoms with Gasteiger partial charge in [0.1, 0.15) is 12.3 Å². The number of piperazine rings is 1. The highest BCUT2D eigenvalue weighted by molar-refractivity contribution is 5.98. The van der Waals surface area contributed by atoms with Crippen LogP contribution in [0.5, 0.6) is 5.75 Å². The van der Waals surface area contributed by atoms with E-state index in [9.17, 15) is 14.4 Å². The summed E-state index contributed by atoms with van der Waals surface area (Å²) in [5.41, 5.74) is 3.77.